The Bertz CT molecular complexity index is 445. The molecular weight excluding hydrogens is 265 g/mol. The highest BCUT2D eigenvalue weighted by Crippen LogP contribution is 2.44. The second-order valence-corrected chi connectivity index (χ2v) is 5.80. The van der Waals surface area contributed by atoms with Gasteiger partial charge in [-0.2, -0.15) is 13.2 Å². The zero-order valence-corrected chi connectivity index (χ0v) is 11.9. The SMILES string of the molecule is CNCC1CCC(C)CC1c1cnccc1C(F)(F)F. The summed E-state index contributed by atoms with van der Waals surface area (Å²) in [5.74, 6) is 0.660. The first kappa shape index (κ1) is 15.3. The average molecular weight is 286 g/mol. The zero-order valence-electron chi connectivity index (χ0n) is 11.9. The average Bonchev–Trinajstić information content (AvgIpc) is 2.40. The summed E-state index contributed by atoms with van der Waals surface area (Å²) >= 11 is 0. The molecule has 0 spiro atoms. The van der Waals surface area contributed by atoms with Gasteiger partial charge in [0, 0.05) is 12.4 Å². The lowest BCUT2D eigenvalue weighted by Crippen LogP contribution is -2.31. The lowest BCUT2D eigenvalue weighted by Gasteiger charge is -2.36. The van der Waals surface area contributed by atoms with Gasteiger partial charge in [0.1, 0.15) is 0 Å². The summed E-state index contributed by atoms with van der Waals surface area (Å²) in [6.07, 6.45) is 1.20. The number of halogens is 3. The normalized spacial score (nSPS) is 27.6. The number of hydrogen-bond donors (Lipinski definition) is 1. The van der Waals surface area contributed by atoms with E-state index in [4.69, 9.17) is 0 Å². The van der Waals surface area contributed by atoms with Crippen molar-refractivity contribution in [3.63, 3.8) is 0 Å². The van der Waals surface area contributed by atoms with Gasteiger partial charge >= 0.3 is 6.18 Å². The minimum absolute atomic E-state index is 0.0588. The largest absolute Gasteiger partial charge is 0.416 e. The summed E-state index contributed by atoms with van der Waals surface area (Å²) < 4.78 is 39.5. The third kappa shape index (κ3) is 3.32. The Morgan fingerprint density at radius 2 is 2.10 bits per heavy atom. The van der Waals surface area contributed by atoms with Gasteiger partial charge < -0.3 is 5.32 Å². The van der Waals surface area contributed by atoms with Crippen molar-refractivity contribution in [1.29, 1.82) is 0 Å². The van der Waals surface area contributed by atoms with Gasteiger partial charge in [-0.1, -0.05) is 13.3 Å². The summed E-state index contributed by atoms with van der Waals surface area (Å²) in [7, 11) is 1.85. The molecule has 0 bridgehead atoms. The molecule has 0 amide bonds. The van der Waals surface area contributed by atoms with Crippen molar-refractivity contribution in [2.75, 3.05) is 13.6 Å². The lowest BCUT2D eigenvalue weighted by atomic mass is 9.71. The molecule has 2 rings (SSSR count). The Balaban J connectivity index is 2.36. The standard InChI is InChI=1S/C15H21F3N2/c1-10-3-4-11(8-19-2)12(7-10)13-9-20-6-5-14(13)15(16,17)18/h5-6,9-12,19H,3-4,7-8H2,1-2H3. The molecule has 2 nitrogen and oxygen atoms in total. The summed E-state index contributed by atoms with van der Waals surface area (Å²) in [4.78, 5) is 3.93. The number of hydrogen-bond acceptors (Lipinski definition) is 2. The molecule has 0 saturated heterocycles. The molecule has 1 aliphatic carbocycles. The van der Waals surface area contributed by atoms with Gasteiger partial charge in [0.15, 0.2) is 0 Å². The van der Waals surface area contributed by atoms with Crippen LogP contribution in [0.1, 0.15) is 43.2 Å². The number of alkyl halides is 3. The first-order chi connectivity index (χ1) is 9.43. The number of nitrogens with zero attached hydrogens (tertiary/aromatic N) is 1. The summed E-state index contributed by atoms with van der Waals surface area (Å²) in [5.41, 5.74) is -0.153. The molecule has 1 saturated carbocycles. The zero-order chi connectivity index (χ0) is 14.8. The van der Waals surface area contributed by atoms with Crippen molar-refractivity contribution in [3.8, 4) is 0 Å². The van der Waals surface area contributed by atoms with Gasteiger partial charge in [0.25, 0.3) is 0 Å². The molecule has 1 heterocycles. The third-order valence-corrected chi connectivity index (χ3v) is 4.28. The number of nitrogens with one attached hydrogen (secondary N) is 1. The van der Waals surface area contributed by atoms with E-state index in [1.54, 1.807) is 0 Å². The summed E-state index contributed by atoms with van der Waals surface area (Å²) in [5, 5.41) is 3.11. The van der Waals surface area contributed by atoms with Crippen LogP contribution in [0.2, 0.25) is 0 Å². The Kier molecular flexibility index (Phi) is 4.68. The van der Waals surface area contributed by atoms with Crippen LogP contribution in [0.25, 0.3) is 0 Å². The fourth-order valence-corrected chi connectivity index (χ4v) is 3.29. The maximum Gasteiger partial charge on any atom is 0.416 e. The molecule has 1 aliphatic rings. The van der Waals surface area contributed by atoms with E-state index in [1.807, 2.05) is 7.05 Å². The van der Waals surface area contributed by atoms with Crippen LogP contribution in [0.5, 0.6) is 0 Å². The molecule has 3 atom stereocenters. The predicted molar refractivity (Wildman–Crippen MR) is 72.4 cm³/mol. The highest BCUT2D eigenvalue weighted by Gasteiger charge is 2.38. The Labute approximate surface area is 117 Å². The highest BCUT2D eigenvalue weighted by atomic mass is 19.4. The topological polar surface area (TPSA) is 24.9 Å². The third-order valence-electron chi connectivity index (χ3n) is 4.28. The van der Waals surface area contributed by atoms with Crippen molar-refractivity contribution >= 4 is 0 Å². The number of aromatic nitrogens is 1. The lowest BCUT2D eigenvalue weighted by molar-refractivity contribution is -0.138. The van der Waals surface area contributed by atoms with E-state index in [1.165, 1.54) is 12.4 Å². The van der Waals surface area contributed by atoms with Gasteiger partial charge in [0.05, 0.1) is 5.56 Å². The minimum Gasteiger partial charge on any atom is -0.319 e. The molecule has 0 aliphatic heterocycles. The van der Waals surface area contributed by atoms with Crippen LogP contribution in [-0.4, -0.2) is 18.6 Å². The molecule has 3 unspecified atom stereocenters. The molecule has 0 aromatic carbocycles. The van der Waals surface area contributed by atoms with Crippen molar-refractivity contribution in [2.24, 2.45) is 11.8 Å². The first-order valence-electron chi connectivity index (χ1n) is 7.09. The number of rotatable bonds is 3. The van der Waals surface area contributed by atoms with Crippen LogP contribution in [-0.2, 0) is 6.18 Å². The van der Waals surface area contributed by atoms with Crippen LogP contribution < -0.4 is 5.32 Å². The van der Waals surface area contributed by atoms with Crippen LogP contribution >= 0.6 is 0 Å². The van der Waals surface area contributed by atoms with E-state index >= 15 is 0 Å². The van der Waals surface area contributed by atoms with E-state index in [0.717, 1.165) is 31.9 Å². The van der Waals surface area contributed by atoms with Crippen molar-refractivity contribution in [2.45, 2.75) is 38.3 Å². The molecule has 20 heavy (non-hydrogen) atoms. The molecule has 1 aromatic rings. The Hall–Kier alpha value is -1.10. The second kappa shape index (κ2) is 6.12. The Morgan fingerprint density at radius 1 is 1.35 bits per heavy atom. The number of pyridine rings is 1. The van der Waals surface area contributed by atoms with E-state index in [2.05, 4.69) is 17.2 Å². The summed E-state index contributed by atoms with van der Waals surface area (Å²) in [6, 6.07) is 1.10. The maximum absolute atomic E-state index is 13.2. The second-order valence-electron chi connectivity index (χ2n) is 5.80. The van der Waals surface area contributed by atoms with Crippen LogP contribution in [0.15, 0.2) is 18.5 Å². The van der Waals surface area contributed by atoms with Gasteiger partial charge in [-0.3, -0.25) is 4.98 Å². The van der Waals surface area contributed by atoms with Crippen molar-refractivity contribution < 1.29 is 13.2 Å². The quantitative estimate of drug-likeness (QED) is 0.913. The maximum atomic E-state index is 13.2. The molecule has 0 radical (unpaired) electrons. The van der Waals surface area contributed by atoms with Crippen molar-refractivity contribution in [1.82, 2.24) is 10.3 Å². The van der Waals surface area contributed by atoms with E-state index in [0.29, 0.717) is 11.5 Å². The van der Waals surface area contributed by atoms with Gasteiger partial charge in [-0.15, -0.1) is 0 Å². The van der Waals surface area contributed by atoms with Crippen LogP contribution in [0.4, 0.5) is 13.2 Å². The molecule has 112 valence electrons. The van der Waals surface area contributed by atoms with Crippen LogP contribution in [0.3, 0.4) is 0 Å². The van der Waals surface area contributed by atoms with Crippen LogP contribution in [0, 0.1) is 11.8 Å². The molecule has 5 heteroatoms. The molecular formula is C15H21F3N2. The fourth-order valence-electron chi connectivity index (χ4n) is 3.29. The van der Waals surface area contributed by atoms with E-state index < -0.39 is 11.7 Å². The molecule has 1 N–H and O–H groups in total. The smallest absolute Gasteiger partial charge is 0.319 e. The van der Waals surface area contributed by atoms with E-state index in [9.17, 15) is 13.2 Å². The van der Waals surface area contributed by atoms with Crippen molar-refractivity contribution in [3.05, 3.63) is 29.6 Å². The Morgan fingerprint density at radius 3 is 2.75 bits per heavy atom. The van der Waals surface area contributed by atoms with E-state index in [-0.39, 0.29) is 11.8 Å². The summed E-state index contributed by atoms with van der Waals surface area (Å²) in [6.45, 7) is 2.87. The molecule has 1 fully saturated rings. The highest BCUT2D eigenvalue weighted by molar-refractivity contribution is 5.30. The first-order valence-corrected chi connectivity index (χ1v) is 7.09. The fraction of sp³-hybridized carbons (Fsp3) is 0.667. The molecule has 1 aromatic heterocycles. The van der Waals surface area contributed by atoms with Gasteiger partial charge in [-0.25, -0.2) is 0 Å². The monoisotopic (exact) mass is 286 g/mol. The minimum atomic E-state index is -4.30. The predicted octanol–water partition coefficient (Wildman–Crippen LogP) is 3.84. The van der Waals surface area contributed by atoms with Gasteiger partial charge in [0.2, 0.25) is 0 Å². The van der Waals surface area contributed by atoms with Gasteiger partial charge in [-0.05, 0) is 55.8 Å².